The standard InChI is InChI=1S/C22H24ClN5O2/c1-15(2)20(27-22(30)26-18-6-4-3-5-7-18)21(29)24-12-16-13-25-28(14-16)19-10-8-17(23)9-11-19/h3-11,13-15,20H,12H2,1-2H3,(H,24,29)(H2,26,27,30). The molecule has 0 saturated heterocycles. The summed E-state index contributed by atoms with van der Waals surface area (Å²) in [6.45, 7) is 4.06. The first-order valence-corrected chi connectivity index (χ1v) is 10.00. The average molecular weight is 426 g/mol. The highest BCUT2D eigenvalue weighted by molar-refractivity contribution is 6.30. The van der Waals surface area contributed by atoms with E-state index in [1.54, 1.807) is 35.1 Å². The number of halogens is 1. The molecule has 1 aromatic heterocycles. The number of anilines is 1. The lowest BCUT2D eigenvalue weighted by Crippen LogP contribution is -2.50. The van der Waals surface area contributed by atoms with Crippen molar-refractivity contribution in [3.8, 4) is 5.69 Å². The smallest absolute Gasteiger partial charge is 0.319 e. The molecule has 30 heavy (non-hydrogen) atoms. The van der Waals surface area contributed by atoms with Crippen LogP contribution in [0.3, 0.4) is 0 Å². The van der Waals surface area contributed by atoms with Crippen molar-refractivity contribution in [1.82, 2.24) is 20.4 Å². The minimum absolute atomic E-state index is 0.0803. The van der Waals surface area contributed by atoms with Crippen LogP contribution in [0, 0.1) is 5.92 Å². The Bertz CT molecular complexity index is 986. The number of nitrogens with zero attached hydrogens (tertiary/aromatic N) is 2. The summed E-state index contributed by atoms with van der Waals surface area (Å²) in [5.74, 6) is -0.337. The number of hydrogen-bond acceptors (Lipinski definition) is 3. The van der Waals surface area contributed by atoms with Gasteiger partial charge >= 0.3 is 6.03 Å². The van der Waals surface area contributed by atoms with Crippen molar-refractivity contribution in [2.24, 2.45) is 5.92 Å². The summed E-state index contributed by atoms with van der Waals surface area (Å²) in [5.41, 5.74) is 2.37. The molecule has 3 N–H and O–H groups in total. The fourth-order valence-electron chi connectivity index (χ4n) is 2.85. The Morgan fingerprint density at radius 2 is 1.77 bits per heavy atom. The summed E-state index contributed by atoms with van der Waals surface area (Å²) >= 11 is 5.91. The average Bonchev–Trinajstić information content (AvgIpc) is 3.20. The summed E-state index contributed by atoms with van der Waals surface area (Å²) in [5, 5.41) is 13.3. The molecular formula is C22H24ClN5O2. The van der Waals surface area contributed by atoms with Crippen LogP contribution in [-0.2, 0) is 11.3 Å². The van der Waals surface area contributed by atoms with Gasteiger partial charge in [-0.15, -0.1) is 0 Å². The second-order valence-electron chi connectivity index (χ2n) is 7.17. The van der Waals surface area contributed by atoms with Crippen molar-refractivity contribution in [3.05, 3.63) is 77.6 Å². The van der Waals surface area contributed by atoms with Crippen LogP contribution in [0.2, 0.25) is 5.02 Å². The molecule has 0 spiro atoms. The molecule has 0 aliphatic heterocycles. The lowest BCUT2D eigenvalue weighted by atomic mass is 10.0. The van der Waals surface area contributed by atoms with Gasteiger partial charge in [-0.25, -0.2) is 9.48 Å². The second kappa shape index (κ2) is 9.93. The van der Waals surface area contributed by atoms with Gasteiger partial charge in [0.1, 0.15) is 6.04 Å². The first-order chi connectivity index (χ1) is 14.4. The maximum absolute atomic E-state index is 12.7. The topological polar surface area (TPSA) is 88.1 Å². The zero-order valence-electron chi connectivity index (χ0n) is 16.8. The molecule has 2 aromatic carbocycles. The van der Waals surface area contributed by atoms with Crippen LogP contribution in [-0.4, -0.2) is 27.8 Å². The van der Waals surface area contributed by atoms with Gasteiger partial charge in [-0.1, -0.05) is 43.6 Å². The summed E-state index contributed by atoms with van der Waals surface area (Å²) in [6.07, 6.45) is 3.53. The van der Waals surface area contributed by atoms with Gasteiger partial charge in [0.2, 0.25) is 5.91 Å². The molecule has 0 bridgehead atoms. The molecule has 3 aromatic rings. The van der Waals surface area contributed by atoms with Crippen molar-refractivity contribution in [2.45, 2.75) is 26.4 Å². The SMILES string of the molecule is CC(C)C(NC(=O)Nc1ccccc1)C(=O)NCc1cnn(-c2ccc(Cl)cc2)c1. The van der Waals surface area contributed by atoms with Gasteiger partial charge in [-0.2, -0.15) is 5.10 Å². The number of nitrogens with one attached hydrogen (secondary N) is 3. The second-order valence-corrected chi connectivity index (χ2v) is 7.61. The molecule has 1 heterocycles. The molecule has 0 fully saturated rings. The number of para-hydroxylation sites is 1. The summed E-state index contributed by atoms with van der Waals surface area (Å²) in [6, 6.07) is 15.3. The van der Waals surface area contributed by atoms with Crippen molar-refractivity contribution in [1.29, 1.82) is 0 Å². The van der Waals surface area contributed by atoms with Crippen molar-refractivity contribution >= 4 is 29.2 Å². The molecular weight excluding hydrogens is 402 g/mol. The number of carbonyl (C=O) groups is 2. The van der Waals surface area contributed by atoms with Gasteiger partial charge in [0, 0.05) is 29.0 Å². The number of urea groups is 1. The molecule has 0 radical (unpaired) electrons. The summed E-state index contributed by atoms with van der Waals surface area (Å²) in [7, 11) is 0. The number of benzene rings is 2. The Labute approximate surface area is 180 Å². The predicted octanol–water partition coefficient (Wildman–Crippen LogP) is 3.99. The fraction of sp³-hybridized carbons (Fsp3) is 0.227. The van der Waals surface area contributed by atoms with Gasteiger partial charge in [0.05, 0.1) is 11.9 Å². The van der Waals surface area contributed by atoms with Gasteiger partial charge < -0.3 is 16.0 Å². The van der Waals surface area contributed by atoms with Gasteiger partial charge in [-0.05, 0) is 42.3 Å². The van der Waals surface area contributed by atoms with E-state index in [9.17, 15) is 9.59 Å². The monoisotopic (exact) mass is 425 g/mol. The van der Waals surface area contributed by atoms with Crippen LogP contribution in [0.1, 0.15) is 19.4 Å². The normalized spacial score (nSPS) is 11.7. The number of aromatic nitrogens is 2. The fourth-order valence-corrected chi connectivity index (χ4v) is 2.98. The van der Waals surface area contributed by atoms with Crippen LogP contribution in [0.5, 0.6) is 0 Å². The molecule has 1 unspecified atom stereocenters. The molecule has 156 valence electrons. The first-order valence-electron chi connectivity index (χ1n) is 9.62. The van der Waals surface area contributed by atoms with E-state index in [-0.39, 0.29) is 11.8 Å². The highest BCUT2D eigenvalue weighted by atomic mass is 35.5. The van der Waals surface area contributed by atoms with Gasteiger partial charge in [0.25, 0.3) is 0 Å². The zero-order valence-corrected chi connectivity index (χ0v) is 17.6. The van der Waals surface area contributed by atoms with Gasteiger partial charge in [0.15, 0.2) is 0 Å². The molecule has 3 amide bonds. The van der Waals surface area contributed by atoms with Crippen molar-refractivity contribution < 1.29 is 9.59 Å². The maximum atomic E-state index is 12.7. The lowest BCUT2D eigenvalue weighted by molar-refractivity contribution is -0.124. The Morgan fingerprint density at radius 1 is 1.07 bits per heavy atom. The molecule has 8 heteroatoms. The van der Waals surface area contributed by atoms with Crippen LogP contribution in [0.4, 0.5) is 10.5 Å². The lowest BCUT2D eigenvalue weighted by Gasteiger charge is -2.21. The van der Waals surface area contributed by atoms with Crippen LogP contribution in [0.25, 0.3) is 5.69 Å². The van der Waals surface area contributed by atoms with E-state index in [0.717, 1.165) is 11.3 Å². The Kier molecular flexibility index (Phi) is 7.08. The third-order valence-corrected chi connectivity index (χ3v) is 4.71. The number of hydrogen-bond donors (Lipinski definition) is 3. The Morgan fingerprint density at radius 3 is 2.43 bits per heavy atom. The summed E-state index contributed by atoms with van der Waals surface area (Å²) in [4.78, 5) is 24.9. The van der Waals surface area contributed by atoms with Crippen LogP contribution < -0.4 is 16.0 Å². The molecule has 1 atom stereocenters. The minimum atomic E-state index is -0.667. The first kappa shape index (κ1) is 21.4. The van der Waals surface area contributed by atoms with E-state index in [1.807, 2.05) is 50.4 Å². The number of amides is 3. The highest BCUT2D eigenvalue weighted by Crippen LogP contribution is 2.13. The predicted molar refractivity (Wildman–Crippen MR) is 118 cm³/mol. The minimum Gasteiger partial charge on any atom is -0.350 e. The largest absolute Gasteiger partial charge is 0.350 e. The third kappa shape index (κ3) is 5.84. The summed E-state index contributed by atoms with van der Waals surface area (Å²) < 4.78 is 1.71. The Balaban J connectivity index is 1.56. The number of carbonyl (C=O) groups excluding carboxylic acids is 2. The van der Waals surface area contributed by atoms with E-state index >= 15 is 0 Å². The van der Waals surface area contributed by atoms with Gasteiger partial charge in [-0.3, -0.25) is 4.79 Å². The number of rotatable bonds is 7. The van der Waals surface area contributed by atoms with Crippen molar-refractivity contribution in [2.75, 3.05) is 5.32 Å². The van der Waals surface area contributed by atoms with E-state index in [4.69, 9.17) is 11.6 Å². The van der Waals surface area contributed by atoms with E-state index in [2.05, 4.69) is 21.0 Å². The maximum Gasteiger partial charge on any atom is 0.319 e. The molecule has 3 rings (SSSR count). The zero-order chi connectivity index (χ0) is 21.5. The quantitative estimate of drug-likeness (QED) is 0.534. The molecule has 0 saturated carbocycles. The van der Waals surface area contributed by atoms with E-state index in [1.165, 1.54) is 0 Å². The van der Waals surface area contributed by atoms with E-state index < -0.39 is 12.1 Å². The Hall–Kier alpha value is -3.32. The van der Waals surface area contributed by atoms with Crippen LogP contribution >= 0.6 is 11.6 Å². The molecule has 7 nitrogen and oxygen atoms in total. The van der Waals surface area contributed by atoms with Crippen LogP contribution in [0.15, 0.2) is 67.0 Å². The van der Waals surface area contributed by atoms with E-state index in [0.29, 0.717) is 17.3 Å². The third-order valence-electron chi connectivity index (χ3n) is 4.46. The highest BCUT2D eigenvalue weighted by Gasteiger charge is 2.24. The molecule has 0 aliphatic carbocycles. The van der Waals surface area contributed by atoms with Crippen molar-refractivity contribution in [3.63, 3.8) is 0 Å². The molecule has 0 aliphatic rings.